The minimum Gasteiger partial charge on any atom is -0.484 e. The van der Waals surface area contributed by atoms with Crippen LogP contribution < -0.4 is 10.1 Å². The monoisotopic (exact) mass is 435 g/mol. The summed E-state index contributed by atoms with van der Waals surface area (Å²) in [6.07, 6.45) is 0. The number of benzene rings is 2. The predicted octanol–water partition coefficient (Wildman–Crippen LogP) is 4.61. The topological polar surface area (TPSA) is 64.1 Å². The Morgan fingerprint density at radius 3 is 2.64 bits per heavy atom. The smallest absolute Gasteiger partial charge is 0.264 e. The molecule has 5 nitrogen and oxygen atoms in total. The van der Waals surface area contributed by atoms with E-state index in [-0.39, 0.29) is 12.5 Å². The molecule has 0 saturated heterocycles. The molecule has 1 heterocycles. The summed E-state index contributed by atoms with van der Waals surface area (Å²) in [6, 6.07) is 17.3. The van der Waals surface area contributed by atoms with Gasteiger partial charge in [0.05, 0.1) is 0 Å². The lowest BCUT2D eigenvalue weighted by atomic mass is 10.2. The largest absolute Gasteiger partial charge is 0.484 e. The number of hydrogen-bond donors (Lipinski definition) is 1. The van der Waals surface area contributed by atoms with Gasteiger partial charge in [0.1, 0.15) is 5.75 Å². The van der Waals surface area contributed by atoms with Crippen LogP contribution in [0.4, 0.5) is 5.13 Å². The van der Waals surface area contributed by atoms with Crippen molar-refractivity contribution < 1.29 is 9.53 Å². The van der Waals surface area contributed by atoms with E-state index in [4.69, 9.17) is 4.74 Å². The summed E-state index contributed by atoms with van der Waals surface area (Å²) >= 11 is 6.35. The average Bonchev–Trinajstić information content (AvgIpc) is 3.08. The molecule has 0 atom stereocenters. The summed E-state index contributed by atoms with van der Waals surface area (Å²) in [5, 5.41) is 11.2. The molecule has 128 valence electrons. The van der Waals surface area contributed by atoms with E-state index in [9.17, 15) is 4.79 Å². The average molecular weight is 436 g/mol. The first kappa shape index (κ1) is 17.9. The van der Waals surface area contributed by atoms with Gasteiger partial charge in [-0.05, 0) is 29.8 Å². The second-order valence-corrected chi connectivity index (χ2v) is 8.05. The summed E-state index contributed by atoms with van der Waals surface area (Å²) in [4.78, 5) is 11.9. The van der Waals surface area contributed by atoms with E-state index in [1.54, 1.807) is 23.9 Å². The van der Waals surface area contributed by atoms with Crippen LogP contribution in [0.25, 0.3) is 0 Å². The van der Waals surface area contributed by atoms with E-state index in [1.807, 2.05) is 30.3 Å². The Morgan fingerprint density at radius 2 is 1.88 bits per heavy atom. The van der Waals surface area contributed by atoms with Gasteiger partial charge in [0.15, 0.2) is 10.9 Å². The zero-order valence-corrected chi connectivity index (χ0v) is 16.2. The van der Waals surface area contributed by atoms with Gasteiger partial charge in [-0.25, -0.2) is 0 Å². The quantitative estimate of drug-likeness (QED) is 0.433. The molecule has 3 rings (SSSR count). The first-order chi connectivity index (χ1) is 12.2. The Kier molecular flexibility index (Phi) is 6.43. The van der Waals surface area contributed by atoms with Gasteiger partial charge in [0, 0.05) is 10.2 Å². The molecule has 2 aromatic carbocycles. The number of thioether (sulfide) groups is 1. The van der Waals surface area contributed by atoms with Crippen molar-refractivity contribution >= 4 is 50.1 Å². The lowest BCUT2D eigenvalue weighted by Crippen LogP contribution is -2.20. The van der Waals surface area contributed by atoms with Crippen LogP contribution in [-0.4, -0.2) is 22.7 Å². The standard InChI is InChI=1S/C17H14BrN3O2S2/c18-13-8-6-12(7-9-13)11-24-17-21-20-16(25-17)19-15(22)10-23-14-4-2-1-3-5-14/h1-9H,10-11H2,(H,19,20,22). The number of anilines is 1. The second kappa shape index (κ2) is 8.98. The number of carbonyl (C=O) groups excluding carboxylic acids is 1. The predicted molar refractivity (Wildman–Crippen MR) is 104 cm³/mol. The molecule has 0 saturated carbocycles. The molecule has 0 unspecified atom stereocenters. The van der Waals surface area contributed by atoms with Crippen molar-refractivity contribution in [2.45, 2.75) is 10.1 Å². The highest BCUT2D eigenvalue weighted by atomic mass is 79.9. The molecule has 1 aromatic heterocycles. The van der Waals surface area contributed by atoms with Crippen LogP contribution >= 0.6 is 39.0 Å². The molecule has 0 aliphatic carbocycles. The zero-order valence-electron chi connectivity index (χ0n) is 13.0. The first-order valence-corrected chi connectivity index (χ1v) is 9.97. The van der Waals surface area contributed by atoms with Crippen molar-refractivity contribution in [3.05, 3.63) is 64.6 Å². The normalized spacial score (nSPS) is 10.4. The van der Waals surface area contributed by atoms with E-state index < -0.39 is 0 Å². The van der Waals surface area contributed by atoms with Gasteiger partial charge in [0.2, 0.25) is 5.13 Å². The molecule has 0 fully saturated rings. The van der Waals surface area contributed by atoms with E-state index in [1.165, 1.54) is 16.9 Å². The molecule has 0 bridgehead atoms. The Hall–Kier alpha value is -1.90. The number of hydrogen-bond acceptors (Lipinski definition) is 6. The van der Waals surface area contributed by atoms with Gasteiger partial charge in [-0.3, -0.25) is 10.1 Å². The molecule has 3 aromatic rings. The Labute approximate surface area is 162 Å². The van der Waals surface area contributed by atoms with Gasteiger partial charge >= 0.3 is 0 Å². The van der Waals surface area contributed by atoms with Crippen molar-refractivity contribution in [1.82, 2.24) is 10.2 Å². The third-order valence-electron chi connectivity index (χ3n) is 3.04. The molecular weight excluding hydrogens is 422 g/mol. The maximum absolute atomic E-state index is 11.9. The van der Waals surface area contributed by atoms with Crippen molar-refractivity contribution in [3.8, 4) is 5.75 Å². The minimum absolute atomic E-state index is 0.0645. The number of rotatable bonds is 7. The van der Waals surface area contributed by atoms with E-state index in [0.29, 0.717) is 10.9 Å². The zero-order chi connectivity index (χ0) is 17.5. The number of amides is 1. The van der Waals surface area contributed by atoms with Gasteiger partial charge in [-0.1, -0.05) is 69.4 Å². The lowest BCUT2D eigenvalue weighted by molar-refractivity contribution is -0.118. The molecule has 0 radical (unpaired) electrons. The first-order valence-electron chi connectivity index (χ1n) is 7.37. The third kappa shape index (κ3) is 5.84. The summed E-state index contributed by atoms with van der Waals surface area (Å²) in [7, 11) is 0. The van der Waals surface area contributed by atoms with Crippen LogP contribution in [0.15, 0.2) is 63.4 Å². The number of ether oxygens (including phenoxy) is 1. The maximum atomic E-state index is 11.9. The summed E-state index contributed by atoms with van der Waals surface area (Å²) < 4.78 is 7.26. The van der Waals surface area contributed by atoms with Crippen LogP contribution in [0.5, 0.6) is 5.75 Å². The van der Waals surface area contributed by atoms with Crippen LogP contribution in [0.1, 0.15) is 5.56 Å². The number of halogens is 1. The summed E-state index contributed by atoms with van der Waals surface area (Å²) in [5.41, 5.74) is 1.20. The molecule has 1 amide bonds. The van der Waals surface area contributed by atoms with E-state index >= 15 is 0 Å². The van der Waals surface area contributed by atoms with Crippen LogP contribution in [0.3, 0.4) is 0 Å². The fourth-order valence-electron chi connectivity index (χ4n) is 1.87. The van der Waals surface area contributed by atoms with Gasteiger partial charge in [-0.2, -0.15) is 0 Å². The number of nitrogens with one attached hydrogen (secondary N) is 1. The highest BCUT2D eigenvalue weighted by Gasteiger charge is 2.09. The minimum atomic E-state index is -0.260. The van der Waals surface area contributed by atoms with Crippen molar-refractivity contribution in [2.75, 3.05) is 11.9 Å². The van der Waals surface area contributed by atoms with Crippen molar-refractivity contribution in [3.63, 3.8) is 0 Å². The van der Waals surface area contributed by atoms with Gasteiger partial charge in [-0.15, -0.1) is 10.2 Å². The summed E-state index contributed by atoms with van der Waals surface area (Å²) in [6.45, 7) is -0.0645. The lowest BCUT2D eigenvalue weighted by Gasteiger charge is -2.04. The Morgan fingerprint density at radius 1 is 1.12 bits per heavy atom. The van der Waals surface area contributed by atoms with Crippen molar-refractivity contribution in [2.24, 2.45) is 0 Å². The molecular formula is C17H14BrN3O2S2. The van der Waals surface area contributed by atoms with E-state index in [0.717, 1.165) is 14.6 Å². The molecule has 0 spiro atoms. The molecule has 1 N–H and O–H groups in total. The molecule has 0 aliphatic rings. The van der Waals surface area contributed by atoms with Crippen LogP contribution in [0, 0.1) is 0 Å². The van der Waals surface area contributed by atoms with Gasteiger partial charge < -0.3 is 4.74 Å². The van der Waals surface area contributed by atoms with Gasteiger partial charge in [0.25, 0.3) is 5.91 Å². The third-order valence-corrected chi connectivity index (χ3v) is 5.61. The fourth-order valence-corrected chi connectivity index (χ4v) is 3.85. The molecule has 0 aliphatic heterocycles. The fraction of sp³-hybridized carbons (Fsp3) is 0.118. The van der Waals surface area contributed by atoms with Crippen LogP contribution in [-0.2, 0) is 10.5 Å². The Balaban J connectivity index is 1.46. The molecule has 25 heavy (non-hydrogen) atoms. The highest BCUT2D eigenvalue weighted by Crippen LogP contribution is 2.28. The van der Waals surface area contributed by atoms with Crippen molar-refractivity contribution in [1.29, 1.82) is 0 Å². The van der Waals surface area contributed by atoms with E-state index in [2.05, 4.69) is 43.6 Å². The SMILES string of the molecule is O=C(COc1ccccc1)Nc1nnc(SCc2ccc(Br)cc2)s1. The highest BCUT2D eigenvalue weighted by molar-refractivity contribution is 9.10. The number of para-hydroxylation sites is 1. The number of carbonyl (C=O) groups is 1. The molecule has 8 heteroatoms. The van der Waals surface area contributed by atoms with Crippen LogP contribution in [0.2, 0.25) is 0 Å². The number of nitrogens with zero attached hydrogens (tertiary/aromatic N) is 2. The summed E-state index contributed by atoms with van der Waals surface area (Å²) in [5.74, 6) is 1.19. The maximum Gasteiger partial charge on any atom is 0.264 e. The number of aromatic nitrogens is 2. The second-order valence-electron chi connectivity index (χ2n) is 4.94. The Bertz CT molecular complexity index is 825.